The summed E-state index contributed by atoms with van der Waals surface area (Å²) in [4.78, 5) is 1.24. The monoisotopic (exact) mass is 233 g/mol. The summed E-state index contributed by atoms with van der Waals surface area (Å²) < 4.78 is 1.80. The number of aryl methyl sites for hydroxylation is 1. The van der Waals surface area contributed by atoms with Crippen LogP contribution in [0.15, 0.2) is 17.5 Å². The lowest BCUT2D eigenvalue weighted by Gasteiger charge is -1.99. The number of nitrogen functional groups attached to an aromatic ring is 1. The van der Waals surface area contributed by atoms with Crippen molar-refractivity contribution in [3.63, 3.8) is 0 Å². The number of nitrogens with two attached hydrogens (primary N) is 1. The van der Waals surface area contributed by atoms with Gasteiger partial charge in [-0.2, -0.15) is 5.10 Å². The Bertz CT molecular complexity index is 495. The molecule has 84 valence electrons. The summed E-state index contributed by atoms with van der Waals surface area (Å²) in [6.45, 7) is 0. The third-order valence-corrected chi connectivity index (χ3v) is 4.00. The van der Waals surface area contributed by atoms with Crippen LogP contribution in [0.1, 0.15) is 18.5 Å². The quantitative estimate of drug-likeness (QED) is 0.885. The molecule has 0 radical (unpaired) electrons. The van der Waals surface area contributed by atoms with Crippen LogP contribution < -0.4 is 5.73 Å². The van der Waals surface area contributed by atoms with E-state index in [1.807, 2.05) is 7.05 Å². The summed E-state index contributed by atoms with van der Waals surface area (Å²) in [5.74, 6) is 1.63. The molecule has 1 aliphatic rings. The van der Waals surface area contributed by atoms with Crippen LogP contribution in [0.5, 0.6) is 0 Å². The van der Waals surface area contributed by atoms with Gasteiger partial charge < -0.3 is 5.73 Å². The molecule has 3 rings (SSSR count). The third kappa shape index (κ3) is 1.63. The van der Waals surface area contributed by atoms with Gasteiger partial charge in [0, 0.05) is 11.9 Å². The highest BCUT2D eigenvalue weighted by Crippen LogP contribution is 2.38. The molecule has 2 heterocycles. The van der Waals surface area contributed by atoms with Crippen LogP contribution >= 0.6 is 11.3 Å². The molecule has 0 aromatic carbocycles. The van der Waals surface area contributed by atoms with Crippen molar-refractivity contribution in [2.75, 3.05) is 5.73 Å². The van der Waals surface area contributed by atoms with Crippen LogP contribution in [0.4, 0.5) is 5.82 Å². The Morgan fingerprint density at radius 1 is 1.56 bits per heavy atom. The van der Waals surface area contributed by atoms with Gasteiger partial charge in [-0.25, -0.2) is 0 Å². The third-order valence-electron chi connectivity index (χ3n) is 3.11. The molecule has 4 heteroatoms. The molecule has 1 aliphatic carbocycles. The molecule has 3 nitrogen and oxygen atoms in total. The minimum absolute atomic E-state index is 0.790. The lowest BCUT2D eigenvalue weighted by Crippen LogP contribution is -1.97. The average Bonchev–Trinajstić information content (AvgIpc) is 2.82. The molecule has 2 N–H and O–H groups in total. The van der Waals surface area contributed by atoms with Crippen molar-refractivity contribution in [2.24, 2.45) is 13.0 Å². The topological polar surface area (TPSA) is 43.8 Å². The van der Waals surface area contributed by atoms with Crippen molar-refractivity contribution >= 4 is 17.2 Å². The molecule has 0 unspecified atom stereocenters. The first-order valence-corrected chi connectivity index (χ1v) is 6.49. The van der Waals surface area contributed by atoms with E-state index in [0.29, 0.717) is 0 Å². The van der Waals surface area contributed by atoms with E-state index >= 15 is 0 Å². The van der Waals surface area contributed by atoms with Crippen LogP contribution in [0.3, 0.4) is 0 Å². The Kier molecular flexibility index (Phi) is 2.24. The van der Waals surface area contributed by atoms with E-state index in [9.17, 15) is 0 Å². The Morgan fingerprint density at radius 3 is 3.00 bits per heavy atom. The first-order chi connectivity index (χ1) is 7.75. The zero-order valence-electron chi connectivity index (χ0n) is 9.31. The van der Waals surface area contributed by atoms with E-state index in [1.54, 1.807) is 16.0 Å². The predicted octanol–water partition coefficient (Wildman–Crippen LogP) is 2.68. The Hall–Kier alpha value is -1.29. The van der Waals surface area contributed by atoms with Crippen LogP contribution in [-0.4, -0.2) is 9.78 Å². The number of hydrogen-bond acceptors (Lipinski definition) is 3. The van der Waals surface area contributed by atoms with Gasteiger partial charge >= 0.3 is 0 Å². The van der Waals surface area contributed by atoms with Gasteiger partial charge in [-0.1, -0.05) is 6.07 Å². The van der Waals surface area contributed by atoms with Gasteiger partial charge in [-0.15, -0.1) is 11.3 Å². The van der Waals surface area contributed by atoms with E-state index in [4.69, 9.17) is 5.73 Å². The number of hydrogen-bond donors (Lipinski definition) is 1. The highest BCUT2D eigenvalue weighted by molar-refractivity contribution is 7.13. The molecule has 0 atom stereocenters. The molecule has 0 bridgehead atoms. The van der Waals surface area contributed by atoms with Crippen LogP contribution in [0.2, 0.25) is 0 Å². The minimum atomic E-state index is 0.790. The molecule has 0 saturated heterocycles. The first-order valence-electron chi connectivity index (χ1n) is 5.61. The van der Waals surface area contributed by atoms with Gasteiger partial charge in [0.15, 0.2) is 0 Å². The zero-order valence-corrected chi connectivity index (χ0v) is 10.1. The number of thiophene rings is 1. The second kappa shape index (κ2) is 3.63. The van der Waals surface area contributed by atoms with Crippen molar-refractivity contribution in [1.82, 2.24) is 9.78 Å². The lowest BCUT2D eigenvalue weighted by molar-refractivity contribution is 0.722. The number of aromatic nitrogens is 2. The van der Waals surface area contributed by atoms with E-state index in [-0.39, 0.29) is 0 Å². The Labute approximate surface area is 98.9 Å². The summed E-state index contributed by atoms with van der Waals surface area (Å²) in [5, 5.41) is 6.63. The van der Waals surface area contributed by atoms with Crippen molar-refractivity contribution in [2.45, 2.75) is 19.3 Å². The summed E-state index contributed by atoms with van der Waals surface area (Å²) in [6, 6.07) is 4.18. The molecule has 0 amide bonds. The summed E-state index contributed by atoms with van der Waals surface area (Å²) in [7, 11) is 1.92. The lowest BCUT2D eigenvalue weighted by atomic mass is 10.1. The number of anilines is 1. The van der Waals surface area contributed by atoms with Crippen molar-refractivity contribution in [3.05, 3.63) is 23.2 Å². The zero-order chi connectivity index (χ0) is 11.1. The van der Waals surface area contributed by atoms with Gasteiger partial charge in [-0.3, -0.25) is 4.68 Å². The fourth-order valence-electron chi connectivity index (χ4n) is 2.02. The highest BCUT2D eigenvalue weighted by atomic mass is 32.1. The Balaban J connectivity index is 2.05. The number of nitrogens with zero attached hydrogens (tertiary/aromatic N) is 2. The maximum absolute atomic E-state index is 6.10. The maximum atomic E-state index is 6.10. The second-order valence-electron chi connectivity index (χ2n) is 4.46. The summed E-state index contributed by atoms with van der Waals surface area (Å²) in [6.07, 6.45) is 3.78. The van der Waals surface area contributed by atoms with Crippen LogP contribution in [-0.2, 0) is 13.5 Å². The first kappa shape index (κ1) is 9.90. The van der Waals surface area contributed by atoms with E-state index in [2.05, 4.69) is 22.6 Å². The van der Waals surface area contributed by atoms with Crippen molar-refractivity contribution in [3.8, 4) is 10.4 Å². The predicted molar refractivity (Wildman–Crippen MR) is 67.4 cm³/mol. The molecule has 0 spiro atoms. The Morgan fingerprint density at radius 2 is 2.38 bits per heavy atom. The molecule has 16 heavy (non-hydrogen) atoms. The molecule has 0 aliphatic heterocycles. The largest absolute Gasteiger partial charge is 0.383 e. The minimum Gasteiger partial charge on any atom is -0.383 e. The van der Waals surface area contributed by atoms with Gasteiger partial charge in [0.1, 0.15) is 5.82 Å². The van der Waals surface area contributed by atoms with Crippen molar-refractivity contribution < 1.29 is 0 Å². The molecule has 2 aromatic rings. The second-order valence-corrected chi connectivity index (χ2v) is 5.40. The van der Waals surface area contributed by atoms with E-state index in [1.165, 1.54) is 23.4 Å². The van der Waals surface area contributed by atoms with Gasteiger partial charge in [-0.05, 0) is 36.6 Å². The SMILES string of the molecule is Cn1nc(CC2CC2)c(-c2cccs2)c1N. The smallest absolute Gasteiger partial charge is 0.130 e. The fourth-order valence-corrected chi connectivity index (χ4v) is 2.82. The molecule has 1 saturated carbocycles. The molecule has 1 fully saturated rings. The number of rotatable bonds is 3. The van der Waals surface area contributed by atoms with Crippen molar-refractivity contribution in [1.29, 1.82) is 0 Å². The van der Waals surface area contributed by atoms with Crippen LogP contribution in [0.25, 0.3) is 10.4 Å². The van der Waals surface area contributed by atoms with E-state index < -0.39 is 0 Å². The molecular weight excluding hydrogens is 218 g/mol. The fraction of sp³-hybridized carbons (Fsp3) is 0.417. The highest BCUT2D eigenvalue weighted by Gasteiger charge is 2.26. The molecular formula is C12H15N3S. The average molecular weight is 233 g/mol. The molecule has 2 aromatic heterocycles. The van der Waals surface area contributed by atoms with Gasteiger partial charge in [0.2, 0.25) is 0 Å². The summed E-state index contributed by atoms with van der Waals surface area (Å²) >= 11 is 1.73. The van der Waals surface area contributed by atoms with E-state index in [0.717, 1.165) is 23.7 Å². The van der Waals surface area contributed by atoms with Crippen LogP contribution in [0, 0.1) is 5.92 Å². The van der Waals surface area contributed by atoms with Gasteiger partial charge in [0.25, 0.3) is 0 Å². The summed E-state index contributed by atoms with van der Waals surface area (Å²) in [5.41, 5.74) is 8.43. The van der Waals surface area contributed by atoms with Gasteiger partial charge in [0.05, 0.1) is 11.3 Å². The maximum Gasteiger partial charge on any atom is 0.130 e. The standard InChI is InChI=1S/C12H15N3S/c1-15-12(13)11(10-3-2-6-16-10)9(14-15)7-8-4-5-8/h2-3,6,8H,4-5,7,13H2,1H3. The normalized spacial score (nSPS) is 15.6.